The third-order valence-corrected chi connectivity index (χ3v) is 5.20. The van der Waals surface area contributed by atoms with Gasteiger partial charge in [-0.1, -0.05) is 36.4 Å². The molecule has 2 aromatic carbocycles. The van der Waals surface area contributed by atoms with E-state index in [4.69, 9.17) is 9.47 Å². The van der Waals surface area contributed by atoms with Gasteiger partial charge in [0.25, 0.3) is 0 Å². The van der Waals surface area contributed by atoms with Gasteiger partial charge >= 0.3 is 6.09 Å². The summed E-state index contributed by atoms with van der Waals surface area (Å²) in [5, 5.41) is 0. The summed E-state index contributed by atoms with van der Waals surface area (Å²) < 4.78 is 11.5. The van der Waals surface area contributed by atoms with Crippen LogP contribution in [0.4, 0.5) is 4.79 Å². The lowest BCUT2D eigenvalue weighted by molar-refractivity contribution is 0.0175. The second-order valence-electron chi connectivity index (χ2n) is 8.52. The van der Waals surface area contributed by atoms with E-state index in [1.807, 2.05) is 68.1 Å². The zero-order valence-corrected chi connectivity index (χ0v) is 16.7. The molecular formula is C24H27NO3. The molecule has 2 bridgehead atoms. The standard InChI is InChI=1S/C24H27NO3/c1-24(2,3)28-23(26)25-19-11-12-20(25)16-18(15-19)17-9-13-22(14-10-17)27-21-7-5-4-6-8-21/h4-10,13-15,19-20H,11-12,16H2,1-3H3. The Labute approximate surface area is 166 Å². The summed E-state index contributed by atoms with van der Waals surface area (Å²) in [4.78, 5) is 14.5. The molecule has 0 saturated carbocycles. The van der Waals surface area contributed by atoms with Crippen LogP contribution in [0.3, 0.4) is 0 Å². The fourth-order valence-corrected chi connectivity index (χ4v) is 4.01. The average Bonchev–Trinajstić information content (AvgIpc) is 2.92. The van der Waals surface area contributed by atoms with Gasteiger partial charge in [0.05, 0.1) is 6.04 Å². The highest BCUT2D eigenvalue weighted by atomic mass is 16.6. The second-order valence-corrected chi connectivity index (χ2v) is 8.52. The summed E-state index contributed by atoms with van der Waals surface area (Å²) in [6.07, 6.45) is 4.94. The van der Waals surface area contributed by atoms with Gasteiger partial charge in [-0.3, -0.25) is 4.90 Å². The second kappa shape index (κ2) is 7.34. The highest BCUT2D eigenvalue weighted by molar-refractivity contribution is 5.75. The molecule has 4 rings (SSSR count). The molecule has 1 fully saturated rings. The third kappa shape index (κ3) is 4.06. The van der Waals surface area contributed by atoms with Gasteiger partial charge in [-0.25, -0.2) is 4.79 Å². The van der Waals surface area contributed by atoms with Crippen LogP contribution >= 0.6 is 0 Å². The number of hydrogen-bond donors (Lipinski definition) is 0. The van der Waals surface area contributed by atoms with Gasteiger partial charge in [0.15, 0.2) is 0 Å². The first-order chi connectivity index (χ1) is 13.4. The van der Waals surface area contributed by atoms with Crippen molar-refractivity contribution < 1.29 is 14.3 Å². The molecule has 2 unspecified atom stereocenters. The Morgan fingerprint density at radius 2 is 1.64 bits per heavy atom. The normalized spacial score (nSPS) is 21.2. The topological polar surface area (TPSA) is 38.8 Å². The van der Waals surface area contributed by atoms with Crippen LogP contribution in [0.5, 0.6) is 11.5 Å². The van der Waals surface area contributed by atoms with Crippen molar-refractivity contribution in [1.82, 2.24) is 4.90 Å². The van der Waals surface area contributed by atoms with Gasteiger partial charge in [0.2, 0.25) is 0 Å². The highest BCUT2D eigenvalue weighted by Gasteiger charge is 2.41. The molecule has 0 radical (unpaired) electrons. The molecule has 4 nitrogen and oxygen atoms in total. The monoisotopic (exact) mass is 377 g/mol. The van der Waals surface area contributed by atoms with Crippen LogP contribution in [-0.2, 0) is 4.74 Å². The first kappa shape index (κ1) is 18.6. The molecule has 2 heterocycles. The number of para-hydroxylation sites is 1. The van der Waals surface area contributed by atoms with Gasteiger partial charge in [0.1, 0.15) is 17.1 Å². The molecule has 146 valence electrons. The molecule has 2 aromatic rings. The lowest BCUT2D eigenvalue weighted by Gasteiger charge is -2.35. The van der Waals surface area contributed by atoms with Crippen LogP contribution in [-0.4, -0.2) is 28.7 Å². The van der Waals surface area contributed by atoms with E-state index in [0.29, 0.717) is 0 Å². The number of amides is 1. The maximum Gasteiger partial charge on any atom is 0.411 e. The molecule has 4 heteroatoms. The Bertz CT molecular complexity index is 865. The molecule has 0 aliphatic carbocycles. The molecule has 2 aliphatic rings. The van der Waals surface area contributed by atoms with E-state index in [1.54, 1.807) is 0 Å². The number of nitrogens with zero attached hydrogens (tertiary/aromatic N) is 1. The van der Waals surface area contributed by atoms with E-state index in [-0.39, 0.29) is 18.2 Å². The molecule has 1 saturated heterocycles. The number of carbonyl (C=O) groups is 1. The summed E-state index contributed by atoms with van der Waals surface area (Å²) >= 11 is 0. The smallest absolute Gasteiger partial charge is 0.411 e. The first-order valence-corrected chi connectivity index (χ1v) is 9.94. The van der Waals surface area contributed by atoms with E-state index in [9.17, 15) is 4.79 Å². The van der Waals surface area contributed by atoms with Crippen molar-refractivity contribution in [3.05, 3.63) is 66.2 Å². The van der Waals surface area contributed by atoms with Crippen LogP contribution in [0, 0.1) is 0 Å². The Kier molecular flexibility index (Phi) is 4.88. The molecule has 2 atom stereocenters. The van der Waals surface area contributed by atoms with Gasteiger partial charge in [0, 0.05) is 6.04 Å². The van der Waals surface area contributed by atoms with Crippen molar-refractivity contribution in [3.63, 3.8) is 0 Å². The SMILES string of the molecule is CC(C)(C)OC(=O)N1C2C=C(c3ccc(Oc4ccccc4)cc3)CC1CC2. The summed E-state index contributed by atoms with van der Waals surface area (Å²) in [6, 6.07) is 18.4. The van der Waals surface area contributed by atoms with Gasteiger partial charge in [-0.2, -0.15) is 0 Å². The van der Waals surface area contributed by atoms with Crippen LogP contribution in [0.15, 0.2) is 60.7 Å². The van der Waals surface area contributed by atoms with Gasteiger partial charge < -0.3 is 9.47 Å². The van der Waals surface area contributed by atoms with Crippen molar-refractivity contribution in [2.24, 2.45) is 0 Å². The van der Waals surface area contributed by atoms with Gasteiger partial charge in [-0.05, 0) is 75.4 Å². The average molecular weight is 377 g/mol. The lowest BCUT2D eigenvalue weighted by Crippen LogP contribution is -2.45. The minimum absolute atomic E-state index is 0.129. The van der Waals surface area contributed by atoms with Crippen molar-refractivity contribution in [2.45, 2.75) is 57.7 Å². The number of rotatable bonds is 3. The molecule has 1 amide bonds. The Hall–Kier alpha value is -2.75. The predicted molar refractivity (Wildman–Crippen MR) is 110 cm³/mol. The molecule has 28 heavy (non-hydrogen) atoms. The van der Waals surface area contributed by atoms with E-state index >= 15 is 0 Å². The van der Waals surface area contributed by atoms with E-state index in [2.05, 4.69) is 18.2 Å². The number of hydrogen-bond acceptors (Lipinski definition) is 3. The number of fused-ring (bicyclic) bond motifs is 2. The van der Waals surface area contributed by atoms with Crippen LogP contribution in [0.2, 0.25) is 0 Å². The van der Waals surface area contributed by atoms with Crippen molar-refractivity contribution >= 4 is 11.7 Å². The fraction of sp³-hybridized carbons (Fsp3) is 0.375. The molecule has 0 aromatic heterocycles. The number of benzene rings is 2. The molecule has 2 aliphatic heterocycles. The van der Waals surface area contributed by atoms with E-state index in [1.165, 1.54) is 11.1 Å². The summed E-state index contributed by atoms with van der Waals surface area (Å²) in [5.41, 5.74) is 2.04. The van der Waals surface area contributed by atoms with Crippen molar-refractivity contribution in [1.29, 1.82) is 0 Å². The van der Waals surface area contributed by atoms with Crippen LogP contribution in [0.1, 0.15) is 45.6 Å². The third-order valence-electron chi connectivity index (χ3n) is 5.20. The molecule has 0 spiro atoms. The molecule has 0 N–H and O–H groups in total. The zero-order chi connectivity index (χ0) is 19.7. The van der Waals surface area contributed by atoms with Crippen molar-refractivity contribution in [3.8, 4) is 11.5 Å². The summed E-state index contributed by atoms with van der Waals surface area (Å²) in [7, 11) is 0. The van der Waals surface area contributed by atoms with E-state index in [0.717, 1.165) is 30.8 Å². The quantitative estimate of drug-likeness (QED) is 0.655. The van der Waals surface area contributed by atoms with Crippen LogP contribution < -0.4 is 4.74 Å². The Morgan fingerprint density at radius 3 is 2.29 bits per heavy atom. The molecular weight excluding hydrogens is 350 g/mol. The maximum atomic E-state index is 12.6. The Morgan fingerprint density at radius 1 is 0.964 bits per heavy atom. The van der Waals surface area contributed by atoms with Gasteiger partial charge in [-0.15, -0.1) is 0 Å². The largest absolute Gasteiger partial charge is 0.457 e. The van der Waals surface area contributed by atoms with Crippen molar-refractivity contribution in [2.75, 3.05) is 0 Å². The lowest BCUT2D eigenvalue weighted by atomic mass is 9.95. The maximum absolute atomic E-state index is 12.6. The number of ether oxygens (including phenoxy) is 2. The van der Waals surface area contributed by atoms with E-state index < -0.39 is 5.60 Å². The predicted octanol–water partition coefficient (Wildman–Crippen LogP) is 6.03. The minimum Gasteiger partial charge on any atom is -0.457 e. The zero-order valence-electron chi connectivity index (χ0n) is 16.7. The fourth-order valence-electron chi connectivity index (χ4n) is 4.01. The minimum atomic E-state index is -0.463. The summed E-state index contributed by atoms with van der Waals surface area (Å²) in [6.45, 7) is 5.74. The number of carbonyl (C=O) groups excluding carboxylic acids is 1. The highest BCUT2D eigenvalue weighted by Crippen LogP contribution is 2.39. The Balaban J connectivity index is 1.47. The summed E-state index contributed by atoms with van der Waals surface area (Å²) in [5.74, 6) is 1.66. The van der Waals surface area contributed by atoms with Crippen LogP contribution in [0.25, 0.3) is 5.57 Å². The first-order valence-electron chi connectivity index (χ1n) is 9.94.